The number of phenolic OH excluding ortho intramolecular Hbond substituents is 1. The molecule has 0 bridgehead atoms. The highest BCUT2D eigenvalue weighted by atomic mass is 16.5. The zero-order valence-electron chi connectivity index (χ0n) is 20.9. The van der Waals surface area contributed by atoms with Crippen molar-refractivity contribution >= 4 is 44.3 Å². The molecule has 1 heterocycles. The molecule has 0 amide bonds. The number of hydrogen-bond acceptors (Lipinski definition) is 6. The summed E-state index contributed by atoms with van der Waals surface area (Å²) in [6.07, 6.45) is 0.320. The van der Waals surface area contributed by atoms with Crippen molar-refractivity contribution in [2.24, 2.45) is 0 Å². The Hall–Kier alpha value is -4.42. The lowest BCUT2D eigenvalue weighted by Crippen LogP contribution is -2.48. The van der Waals surface area contributed by atoms with E-state index in [-0.39, 0.29) is 19.0 Å². The van der Waals surface area contributed by atoms with Gasteiger partial charge in [-0.3, -0.25) is 10.1 Å². The van der Waals surface area contributed by atoms with Gasteiger partial charge in [0.05, 0.1) is 6.61 Å². The maximum atomic E-state index is 13.2. The van der Waals surface area contributed by atoms with Gasteiger partial charge >= 0.3 is 11.9 Å². The summed E-state index contributed by atoms with van der Waals surface area (Å²) < 4.78 is 10.9. The number of nitrogens with one attached hydrogen (secondary N) is 1. The summed E-state index contributed by atoms with van der Waals surface area (Å²) in [6, 6.07) is 26.3. The van der Waals surface area contributed by atoms with Gasteiger partial charge in [-0.2, -0.15) is 0 Å². The number of aromatic hydroxyl groups is 1. The molecule has 0 fully saturated rings. The van der Waals surface area contributed by atoms with Crippen LogP contribution in [0.15, 0.2) is 84.9 Å². The monoisotopic (exact) mass is 505 g/mol. The number of carbonyl (C=O) groups is 2. The second kappa shape index (κ2) is 9.80. The van der Waals surface area contributed by atoms with Crippen LogP contribution >= 0.6 is 0 Å². The van der Waals surface area contributed by atoms with E-state index >= 15 is 0 Å². The number of rotatable bonds is 5. The first kappa shape index (κ1) is 23.9. The Bertz CT molecular complexity index is 1710. The summed E-state index contributed by atoms with van der Waals surface area (Å²) in [6.45, 7) is 2.08. The van der Waals surface area contributed by atoms with Crippen molar-refractivity contribution in [2.45, 2.75) is 32.0 Å². The van der Waals surface area contributed by atoms with E-state index in [4.69, 9.17) is 9.47 Å². The molecule has 1 aliphatic heterocycles. The molecule has 5 aromatic carbocycles. The highest BCUT2D eigenvalue weighted by Crippen LogP contribution is 2.33. The molecular weight excluding hydrogens is 478 g/mol. The first-order valence-corrected chi connectivity index (χ1v) is 12.8. The molecule has 5 aromatic rings. The maximum Gasteiger partial charge on any atom is 0.328 e. The Morgan fingerprint density at radius 1 is 0.816 bits per heavy atom. The first-order chi connectivity index (χ1) is 18.5. The summed E-state index contributed by atoms with van der Waals surface area (Å²) >= 11 is 0. The lowest BCUT2D eigenvalue weighted by molar-refractivity contribution is -0.150. The van der Waals surface area contributed by atoms with Crippen molar-refractivity contribution in [1.29, 1.82) is 0 Å². The van der Waals surface area contributed by atoms with Crippen LogP contribution in [0.5, 0.6) is 5.75 Å². The van der Waals surface area contributed by atoms with Crippen molar-refractivity contribution in [3.05, 3.63) is 102 Å². The fraction of sp³-hybridized carbons (Fsp3) is 0.188. The van der Waals surface area contributed by atoms with Crippen molar-refractivity contribution < 1.29 is 24.2 Å². The fourth-order valence-corrected chi connectivity index (χ4v) is 5.42. The molecular formula is C32H27NO5. The van der Waals surface area contributed by atoms with Crippen LogP contribution in [0.1, 0.15) is 29.7 Å². The Morgan fingerprint density at radius 3 is 2.37 bits per heavy atom. The molecule has 2 unspecified atom stereocenters. The molecule has 0 spiro atoms. The predicted molar refractivity (Wildman–Crippen MR) is 147 cm³/mol. The van der Waals surface area contributed by atoms with Crippen LogP contribution in [0, 0.1) is 0 Å². The van der Waals surface area contributed by atoms with Crippen LogP contribution in [-0.2, 0) is 32.1 Å². The summed E-state index contributed by atoms with van der Waals surface area (Å²) in [7, 11) is 0. The highest BCUT2D eigenvalue weighted by Gasteiger charge is 2.36. The molecule has 6 nitrogen and oxygen atoms in total. The van der Waals surface area contributed by atoms with Gasteiger partial charge in [-0.15, -0.1) is 0 Å². The first-order valence-electron chi connectivity index (χ1n) is 12.8. The summed E-state index contributed by atoms with van der Waals surface area (Å²) in [5.41, 5.74) is 2.27. The molecule has 6 rings (SSSR count). The smallest absolute Gasteiger partial charge is 0.328 e. The molecule has 38 heavy (non-hydrogen) atoms. The van der Waals surface area contributed by atoms with E-state index in [1.165, 1.54) is 27.6 Å². The lowest BCUT2D eigenvalue weighted by atomic mass is 9.90. The van der Waals surface area contributed by atoms with E-state index in [1.54, 1.807) is 19.1 Å². The van der Waals surface area contributed by atoms with Crippen molar-refractivity contribution in [3.8, 4) is 5.75 Å². The molecule has 190 valence electrons. The molecule has 0 saturated carbocycles. The van der Waals surface area contributed by atoms with Gasteiger partial charge in [0, 0.05) is 0 Å². The molecule has 0 radical (unpaired) electrons. The number of benzene rings is 5. The summed E-state index contributed by atoms with van der Waals surface area (Å²) in [4.78, 5) is 25.6. The van der Waals surface area contributed by atoms with E-state index in [2.05, 4.69) is 53.8 Å². The van der Waals surface area contributed by atoms with E-state index in [0.717, 1.165) is 16.3 Å². The minimum absolute atomic E-state index is 0.0806. The Balaban J connectivity index is 1.25. The van der Waals surface area contributed by atoms with Crippen LogP contribution < -0.4 is 5.32 Å². The van der Waals surface area contributed by atoms with Crippen LogP contribution in [0.2, 0.25) is 0 Å². The second-order valence-corrected chi connectivity index (χ2v) is 9.60. The third-order valence-electron chi connectivity index (χ3n) is 7.22. The van der Waals surface area contributed by atoms with Crippen LogP contribution in [-0.4, -0.2) is 29.7 Å². The normalized spacial score (nSPS) is 16.9. The summed E-state index contributed by atoms with van der Waals surface area (Å²) in [5, 5.41) is 20.1. The van der Waals surface area contributed by atoms with E-state index in [1.807, 2.05) is 18.2 Å². The number of ether oxygens (including phenoxy) is 2. The van der Waals surface area contributed by atoms with Crippen LogP contribution in [0.4, 0.5) is 0 Å². The zero-order chi connectivity index (χ0) is 26.2. The average molecular weight is 506 g/mol. The standard InChI is InChI=1S/C32H27NO5/c1-2-37-31(35)29-17-22-16-23(34)10-14-26(22)30(33-29)32(36)38-18-19-7-11-25-21(15-19)9-13-27-24-6-4-3-5-20(24)8-12-28(25)27/h3-16,29-30,33-34H,2,17-18H2,1H3. The number of fused-ring (bicyclic) bond motifs is 6. The topological polar surface area (TPSA) is 84.9 Å². The van der Waals surface area contributed by atoms with Gasteiger partial charge in [0.2, 0.25) is 0 Å². The van der Waals surface area contributed by atoms with Crippen LogP contribution in [0.3, 0.4) is 0 Å². The highest BCUT2D eigenvalue weighted by molar-refractivity contribution is 6.17. The second-order valence-electron chi connectivity index (χ2n) is 9.60. The fourth-order valence-electron chi connectivity index (χ4n) is 5.42. The predicted octanol–water partition coefficient (Wildman–Crippen LogP) is 5.71. The third-order valence-corrected chi connectivity index (χ3v) is 7.22. The zero-order valence-corrected chi connectivity index (χ0v) is 20.9. The molecule has 2 atom stereocenters. The number of carbonyl (C=O) groups excluding carboxylic acids is 2. The number of phenols is 1. The SMILES string of the molecule is CCOC(=O)C1Cc2cc(O)ccc2C(C(=O)OCc2ccc3c(ccc4c5ccccc5ccc34)c2)N1. The van der Waals surface area contributed by atoms with Gasteiger partial charge in [0.15, 0.2) is 0 Å². The van der Waals surface area contributed by atoms with Crippen molar-refractivity contribution in [2.75, 3.05) is 6.61 Å². The van der Waals surface area contributed by atoms with Gasteiger partial charge in [-0.05, 0) is 80.6 Å². The van der Waals surface area contributed by atoms with Crippen molar-refractivity contribution in [1.82, 2.24) is 5.32 Å². The minimum Gasteiger partial charge on any atom is -0.508 e. The van der Waals surface area contributed by atoms with Gasteiger partial charge in [-0.1, -0.05) is 66.7 Å². The van der Waals surface area contributed by atoms with Gasteiger partial charge in [0.25, 0.3) is 0 Å². The van der Waals surface area contributed by atoms with Gasteiger partial charge < -0.3 is 14.6 Å². The van der Waals surface area contributed by atoms with E-state index in [9.17, 15) is 14.7 Å². The average Bonchev–Trinajstić information content (AvgIpc) is 2.94. The maximum absolute atomic E-state index is 13.2. The minimum atomic E-state index is -0.841. The third kappa shape index (κ3) is 4.33. The molecule has 6 heteroatoms. The molecule has 0 saturated heterocycles. The molecule has 0 aliphatic carbocycles. The van der Waals surface area contributed by atoms with Gasteiger partial charge in [0.1, 0.15) is 24.4 Å². The molecule has 1 aliphatic rings. The van der Waals surface area contributed by atoms with Crippen molar-refractivity contribution in [3.63, 3.8) is 0 Å². The van der Waals surface area contributed by atoms with Gasteiger partial charge in [-0.25, -0.2) is 4.79 Å². The molecule has 0 aromatic heterocycles. The lowest BCUT2D eigenvalue weighted by Gasteiger charge is -2.30. The van der Waals surface area contributed by atoms with E-state index in [0.29, 0.717) is 17.5 Å². The number of hydrogen-bond donors (Lipinski definition) is 2. The van der Waals surface area contributed by atoms with E-state index < -0.39 is 24.0 Å². The Morgan fingerprint density at radius 2 is 1.55 bits per heavy atom. The largest absolute Gasteiger partial charge is 0.508 e. The Kier molecular flexibility index (Phi) is 6.18. The quantitative estimate of drug-likeness (QED) is 0.235. The number of esters is 2. The van der Waals surface area contributed by atoms with Crippen LogP contribution in [0.25, 0.3) is 32.3 Å². The Labute approximate surface area is 219 Å². The molecule has 2 N–H and O–H groups in total. The summed E-state index contributed by atoms with van der Waals surface area (Å²) in [5.74, 6) is -0.845.